The van der Waals surface area contributed by atoms with Crippen molar-refractivity contribution < 1.29 is 19.1 Å². The molecule has 0 saturated carbocycles. The molecule has 0 saturated heterocycles. The highest BCUT2D eigenvalue weighted by molar-refractivity contribution is 5.95. The normalized spacial score (nSPS) is 16.9. The van der Waals surface area contributed by atoms with Crippen molar-refractivity contribution in [3.63, 3.8) is 0 Å². The zero-order chi connectivity index (χ0) is 18.4. The molecule has 2 N–H and O–H groups in total. The maximum atomic E-state index is 12.0. The SMILES string of the molecule is CCNC(=O)[C@@H](C)NC(=O)/C=C/c1cc2c(cc1OCC)C[C@@H](C)O2. The Morgan fingerprint density at radius 1 is 1.40 bits per heavy atom. The van der Waals surface area contributed by atoms with Crippen LogP contribution in [0.3, 0.4) is 0 Å². The van der Waals surface area contributed by atoms with Gasteiger partial charge >= 0.3 is 0 Å². The molecule has 0 spiro atoms. The number of rotatable bonds is 7. The number of fused-ring (bicyclic) bond motifs is 1. The molecule has 136 valence electrons. The average molecular weight is 346 g/mol. The van der Waals surface area contributed by atoms with Crippen LogP contribution in [-0.4, -0.2) is 37.1 Å². The maximum absolute atomic E-state index is 12.0. The number of ether oxygens (including phenoxy) is 2. The predicted molar refractivity (Wildman–Crippen MR) is 96.7 cm³/mol. The van der Waals surface area contributed by atoms with E-state index in [1.54, 1.807) is 13.0 Å². The van der Waals surface area contributed by atoms with Crippen molar-refractivity contribution in [3.8, 4) is 11.5 Å². The number of benzene rings is 1. The van der Waals surface area contributed by atoms with Gasteiger partial charge in [-0.3, -0.25) is 9.59 Å². The van der Waals surface area contributed by atoms with Crippen molar-refractivity contribution in [1.29, 1.82) is 0 Å². The Morgan fingerprint density at radius 3 is 2.84 bits per heavy atom. The number of nitrogens with one attached hydrogen (secondary N) is 2. The molecule has 1 aromatic carbocycles. The van der Waals surface area contributed by atoms with E-state index in [1.165, 1.54) is 6.08 Å². The molecule has 0 aliphatic carbocycles. The van der Waals surface area contributed by atoms with E-state index in [9.17, 15) is 9.59 Å². The minimum Gasteiger partial charge on any atom is -0.493 e. The van der Waals surface area contributed by atoms with E-state index in [0.29, 0.717) is 13.2 Å². The highest BCUT2D eigenvalue weighted by Gasteiger charge is 2.21. The van der Waals surface area contributed by atoms with Crippen molar-refractivity contribution >= 4 is 17.9 Å². The Bertz CT molecular complexity index is 670. The highest BCUT2D eigenvalue weighted by Crippen LogP contribution is 2.35. The smallest absolute Gasteiger partial charge is 0.244 e. The summed E-state index contributed by atoms with van der Waals surface area (Å²) >= 11 is 0. The van der Waals surface area contributed by atoms with Crippen LogP contribution in [0.4, 0.5) is 0 Å². The maximum Gasteiger partial charge on any atom is 0.244 e. The van der Waals surface area contributed by atoms with Gasteiger partial charge in [0.1, 0.15) is 23.6 Å². The van der Waals surface area contributed by atoms with E-state index in [4.69, 9.17) is 9.47 Å². The van der Waals surface area contributed by atoms with Gasteiger partial charge in [-0.1, -0.05) is 0 Å². The third-order valence-electron chi connectivity index (χ3n) is 3.85. The predicted octanol–water partition coefficient (Wildman–Crippen LogP) is 2.06. The Morgan fingerprint density at radius 2 is 2.16 bits per heavy atom. The Labute approximate surface area is 148 Å². The van der Waals surface area contributed by atoms with E-state index in [1.807, 2.05) is 32.9 Å². The largest absolute Gasteiger partial charge is 0.493 e. The second-order valence-electron chi connectivity index (χ2n) is 6.02. The summed E-state index contributed by atoms with van der Waals surface area (Å²) in [6.07, 6.45) is 4.07. The molecule has 0 radical (unpaired) electrons. The first-order valence-electron chi connectivity index (χ1n) is 8.67. The van der Waals surface area contributed by atoms with Gasteiger partial charge in [0.25, 0.3) is 0 Å². The lowest BCUT2D eigenvalue weighted by Gasteiger charge is -2.12. The lowest BCUT2D eigenvalue weighted by Crippen LogP contribution is -2.44. The first-order valence-corrected chi connectivity index (χ1v) is 8.67. The number of amides is 2. The van der Waals surface area contributed by atoms with Gasteiger partial charge in [-0.25, -0.2) is 0 Å². The van der Waals surface area contributed by atoms with Crippen LogP contribution >= 0.6 is 0 Å². The zero-order valence-electron chi connectivity index (χ0n) is 15.2. The summed E-state index contributed by atoms with van der Waals surface area (Å²) in [6.45, 7) is 8.48. The lowest BCUT2D eigenvalue weighted by molar-refractivity contribution is -0.126. The van der Waals surface area contributed by atoms with Crippen LogP contribution in [0.25, 0.3) is 6.08 Å². The van der Waals surface area contributed by atoms with Gasteiger partial charge < -0.3 is 20.1 Å². The topological polar surface area (TPSA) is 76.7 Å². The molecule has 0 bridgehead atoms. The molecular formula is C19H26N2O4. The molecule has 2 amide bonds. The van der Waals surface area contributed by atoms with E-state index in [0.717, 1.165) is 29.0 Å². The van der Waals surface area contributed by atoms with E-state index in [-0.39, 0.29) is 17.9 Å². The third-order valence-corrected chi connectivity index (χ3v) is 3.85. The quantitative estimate of drug-likeness (QED) is 0.741. The van der Waals surface area contributed by atoms with Gasteiger partial charge in [0.2, 0.25) is 11.8 Å². The molecule has 1 aromatic rings. The summed E-state index contributed by atoms with van der Waals surface area (Å²) in [5, 5.41) is 5.30. The van der Waals surface area contributed by atoms with Crippen LogP contribution < -0.4 is 20.1 Å². The van der Waals surface area contributed by atoms with Crippen LogP contribution in [-0.2, 0) is 16.0 Å². The third kappa shape index (κ3) is 4.98. The summed E-state index contributed by atoms with van der Waals surface area (Å²) in [5.74, 6) is 1.00. The molecule has 2 atom stereocenters. The monoisotopic (exact) mass is 346 g/mol. The van der Waals surface area contributed by atoms with Gasteiger partial charge in [0, 0.05) is 30.2 Å². The minimum atomic E-state index is -0.590. The summed E-state index contributed by atoms with van der Waals surface area (Å²) in [4.78, 5) is 23.7. The molecule has 1 aliphatic rings. The first-order chi connectivity index (χ1) is 11.9. The average Bonchev–Trinajstić information content (AvgIpc) is 2.92. The second kappa shape index (κ2) is 8.55. The van der Waals surface area contributed by atoms with Gasteiger partial charge in [-0.05, 0) is 45.9 Å². The molecule has 2 rings (SSSR count). The van der Waals surface area contributed by atoms with E-state index >= 15 is 0 Å². The molecule has 0 unspecified atom stereocenters. The summed E-state index contributed by atoms with van der Waals surface area (Å²) in [6, 6.07) is 3.27. The van der Waals surface area contributed by atoms with Crippen LogP contribution in [0.1, 0.15) is 38.8 Å². The summed E-state index contributed by atoms with van der Waals surface area (Å²) in [7, 11) is 0. The standard InChI is InChI=1S/C19H26N2O4/c1-5-20-19(23)13(4)21-18(22)8-7-14-10-17-15(9-12(3)25-17)11-16(14)24-6-2/h7-8,10-13H,5-6,9H2,1-4H3,(H,20,23)(H,21,22)/b8-7+/t12-,13-/m1/s1. The van der Waals surface area contributed by atoms with Crippen LogP contribution in [0, 0.1) is 0 Å². The van der Waals surface area contributed by atoms with Crippen molar-refractivity contribution in [2.75, 3.05) is 13.2 Å². The fourth-order valence-electron chi connectivity index (χ4n) is 2.69. The molecule has 1 aliphatic heterocycles. The van der Waals surface area contributed by atoms with Gasteiger partial charge in [-0.15, -0.1) is 0 Å². The Kier molecular flexibility index (Phi) is 6.44. The van der Waals surface area contributed by atoms with E-state index < -0.39 is 6.04 Å². The fraction of sp³-hybridized carbons (Fsp3) is 0.474. The first kappa shape index (κ1) is 18.8. The Hall–Kier alpha value is -2.50. The number of hydrogen-bond acceptors (Lipinski definition) is 4. The van der Waals surface area contributed by atoms with Crippen LogP contribution in [0.15, 0.2) is 18.2 Å². The lowest BCUT2D eigenvalue weighted by atomic mass is 10.1. The van der Waals surface area contributed by atoms with Crippen LogP contribution in [0.2, 0.25) is 0 Å². The number of carbonyl (C=O) groups excluding carboxylic acids is 2. The highest BCUT2D eigenvalue weighted by atomic mass is 16.5. The van der Waals surface area contributed by atoms with Gasteiger partial charge in [0.05, 0.1) is 6.61 Å². The van der Waals surface area contributed by atoms with Crippen molar-refractivity contribution in [1.82, 2.24) is 10.6 Å². The summed E-state index contributed by atoms with van der Waals surface area (Å²) in [5.41, 5.74) is 1.89. The number of hydrogen-bond donors (Lipinski definition) is 2. The molecule has 0 fully saturated rings. The van der Waals surface area contributed by atoms with Gasteiger partial charge in [0.15, 0.2) is 0 Å². The Balaban J connectivity index is 2.10. The second-order valence-corrected chi connectivity index (χ2v) is 6.02. The zero-order valence-corrected chi connectivity index (χ0v) is 15.2. The van der Waals surface area contributed by atoms with Gasteiger partial charge in [-0.2, -0.15) is 0 Å². The minimum absolute atomic E-state index is 0.143. The molecule has 6 nitrogen and oxygen atoms in total. The van der Waals surface area contributed by atoms with Crippen molar-refractivity contribution in [3.05, 3.63) is 29.3 Å². The van der Waals surface area contributed by atoms with Crippen molar-refractivity contribution in [2.45, 2.75) is 46.3 Å². The fourth-order valence-corrected chi connectivity index (χ4v) is 2.69. The molecule has 6 heteroatoms. The molecule has 25 heavy (non-hydrogen) atoms. The van der Waals surface area contributed by atoms with E-state index in [2.05, 4.69) is 10.6 Å². The number of carbonyl (C=O) groups is 2. The molecule has 0 aromatic heterocycles. The molecule has 1 heterocycles. The number of likely N-dealkylation sites (N-methyl/N-ethyl adjacent to an activating group) is 1. The summed E-state index contributed by atoms with van der Waals surface area (Å²) < 4.78 is 11.4. The van der Waals surface area contributed by atoms with Crippen molar-refractivity contribution in [2.24, 2.45) is 0 Å². The van der Waals surface area contributed by atoms with Crippen LogP contribution in [0.5, 0.6) is 11.5 Å². The molecular weight excluding hydrogens is 320 g/mol.